The van der Waals surface area contributed by atoms with E-state index in [0.717, 1.165) is 25.0 Å². The Labute approximate surface area is 116 Å². The molecule has 1 unspecified atom stereocenters. The zero-order chi connectivity index (χ0) is 14.7. The second-order valence-electron chi connectivity index (χ2n) is 5.10. The molecule has 1 atom stereocenters. The molecule has 0 aliphatic carbocycles. The molecule has 1 aliphatic rings. The van der Waals surface area contributed by atoms with Crippen molar-refractivity contribution in [2.24, 2.45) is 5.92 Å². The van der Waals surface area contributed by atoms with Crippen LogP contribution in [0, 0.1) is 17.6 Å². The van der Waals surface area contributed by atoms with Crippen molar-refractivity contribution in [1.29, 1.82) is 0 Å². The number of likely N-dealkylation sites (tertiary alicyclic amines) is 1. The lowest BCUT2D eigenvalue weighted by Crippen LogP contribution is -2.41. The van der Waals surface area contributed by atoms with Crippen molar-refractivity contribution < 1.29 is 18.7 Å². The number of amides is 1. The Balaban J connectivity index is 2.21. The summed E-state index contributed by atoms with van der Waals surface area (Å²) >= 11 is 0. The molecule has 3 N–H and O–H groups in total. The van der Waals surface area contributed by atoms with Crippen LogP contribution < -0.4 is 5.73 Å². The van der Waals surface area contributed by atoms with Crippen molar-refractivity contribution >= 4 is 11.6 Å². The number of piperidine rings is 1. The van der Waals surface area contributed by atoms with Crippen LogP contribution in [-0.4, -0.2) is 35.6 Å². The summed E-state index contributed by atoms with van der Waals surface area (Å²) in [5, 5.41) is 8.95. The third kappa shape index (κ3) is 2.90. The molecule has 0 aromatic heterocycles. The average Bonchev–Trinajstić information content (AvgIpc) is 2.44. The van der Waals surface area contributed by atoms with Crippen LogP contribution in [0.3, 0.4) is 0 Å². The van der Waals surface area contributed by atoms with Gasteiger partial charge in [-0.15, -0.1) is 0 Å². The Bertz CT molecular complexity index is 506. The van der Waals surface area contributed by atoms with Crippen LogP contribution >= 0.6 is 0 Å². The van der Waals surface area contributed by atoms with E-state index in [9.17, 15) is 13.6 Å². The Hall–Kier alpha value is -1.69. The van der Waals surface area contributed by atoms with Crippen LogP contribution in [0.25, 0.3) is 0 Å². The van der Waals surface area contributed by atoms with Gasteiger partial charge >= 0.3 is 0 Å². The first-order valence-electron chi connectivity index (χ1n) is 6.68. The number of rotatable bonds is 3. The molecule has 110 valence electrons. The molecular weight excluding hydrogens is 266 g/mol. The minimum atomic E-state index is -1.00. The number of anilines is 1. The van der Waals surface area contributed by atoms with Crippen LogP contribution in [0.1, 0.15) is 29.6 Å². The highest BCUT2D eigenvalue weighted by Crippen LogP contribution is 2.24. The Morgan fingerprint density at radius 1 is 1.45 bits per heavy atom. The van der Waals surface area contributed by atoms with E-state index < -0.39 is 23.1 Å². The fourth-order valence-corrected chi connectivity index (χ4v) is 2.59. The Morgan fingerprint density at radius 3 is 2.90 bits per heavy atom. The van der Waals surface area contributed by atoms with E-state index in [-0.39, 0.29) is 18.2 Å². The van der Waals surface area contributed by atoms with Crippen LogP contribution in [0.4, 0.5) is 14.5 Å². The van der Waals surface area contributed by atoms with Gasteiger partial charge in [0.15, 0.2) is 5.82 Å². The summed E-state index contributed by atoms with van der Waals surface area (Å²) in [7, 11) is 0. The highest BCUT2D eigenvalue weighted by molar-refractivity contribution is 5.95. The smallest absolute Gasteiger partial charge is 0.259 e. The third-order valence-corrected chi connectivity index (χ3v) is 3.68. The van der Waals surface area contributed by atoms with Crippen LogP contribution in [-0.2, 0) is 0 Å². The van der Waals surface area contributed by atoms with Gasteiger partial charge in [-0.05, 0) is 37.3 Å². The topological polar surface area (TPSA) is 66.6 Å². The zero-order valence-electron chi connectivity index (χ0n) is 11.1. The predicted molar refractivity (Wildman–Crippen MR) is 71.1 cm³/mol. The van der Waals surface area contributed by atoms with E-state index in [1.807, 2.05) is 0 Å². The number of hydrogen-bond acceptors (Lipinski definition) is 3. The number of aliphatic hydroxyl groups is 1. The van der Waals surface area contributed by atoms with E-state index in [2.05, 4.69) is 0 Å². The standard InChI is InChI=1S/C14H18F2N2O2/c15-10-3-4-11(17)13(16)12(10)14(20)18-6-1-2-9(8-18)5-7-19/h3-4,9,19H,1-2,5-8,17H2. The van der Waals surface area contributed by atoms with E-state index >= 15 is 0 Å². The normalized spacial score (nSPS) is 19.1. The number of carbonyl (C=O) groups excluding carboxylic acids is 1. The highest BCUT2D eigenvalue weighted by atomic mass is 19.1. The first-order valence-corrected chi connectivity index (χ1v) is 6.68. The van der Waals surface area contributed by atoms with E-state index in [0.29, 0.717) is 19.5 Å². The van der Waals surface area contributed by atoms with Gasteiger partial charge in [-0.2, -0.15) is 0 Å². The van der Waals surface area contributed by atoms with Crippen LogP contribution in [0.2, 0.25) is 0 Å². The summed E-state index contributed by atoms with van der Waals surface area (Å²) in [4.78, 5) is 13.7. The van der Waals surface area contributed by atoms with E-state index in [1.54, 1.807) is 0 Å². The quantitative estimate of drug-likeness (QED) is 0.831. The number of carbonyl (C=O) groups is 1. The Kier molecular flexibility index (Phi) is 4.54. The van der Waals surface area contributed by atoms with E-state index in [1.165, 1.54) is 4.90 Å². The monoisotopic (exact) mass is 284 g/mol. The summed E-state index contributed by atoms with van der Waals surface area (Å²) < 4.78 is 27.6. The second kappa shape index (κ2) is 6.17. The number of halogens is 2. The van der Waals surface area contributed by atoms with Crippen molar-refractivity contribution in [3.05, 3.63) is 29.3 Å². The molecule has 0 saturated carbocycles. The van der Waals surface area contributed by atoms with Gasteiger partial charge in [0.05, 0.1) is 5.69 Å². The average molecular weight is 284 g/mol. The highest BCUT2D eigenvalue weighted by Gasteiger charge is 2.28. The lowest BCUT2D eigenvalue weighted by atomic mass is 9.94. The van der Waals surface area contributed by atoms with Crippen LogP contribution in [0.5, 0.6) is 0 Å². The third-order valence-electron chi connectivity index (χ3n) is 3.68. The van der Waals surface area contributed by atoms with Gasteiger partial charge in [0.25, 0.3) is 5.91 Å². The Morgan fingerprint density at radius 2 is 2.20 bits per heavy atom. The lowest BCUT2D eigenvalue weighted by molar-refractivity contribution is 0.0644. The molecule has 1 aliphatic heterocycles. The summed E-state index contributed by atoms with van der Waals surface area (Å²) in [6.45, 7) is 0.926. The molecular formula is C14H18F2N2O2. The van der Waals surface area contributed by atoms with Crippen molar-refractivity contribution in [2.75, 3.05) is 25.4 Å². The fourth-order valence-electron chi connectivity index (χ4n) is 2.59. The first-order chi connectivity index (χ1) is 9.54. The number of nitrogen functional groups attached to an aromatic ring is 1. The van der Waals surface area contributed by atoms with Gasteiger partial charge < -0.3 is 15.7 Å². The summed E-state index contributed by atoms with van der Waals surface area (Å²) in [5.74, 6) is -2.40. The maximum atomic E-state index is 13.9. The largest absolute Gasteiger partial charge is 0.396 e. The van der Waals surface area contributed by atoms with Crippen molar-refractivity contribution in [1.82, 2.24) is 4.90 Å². The van der Waals surface area contributed by atoms with E-state index in [4.69, 9.17) is 10.8 Å². The van der Waals surface area contributed by atoms with Crippen LogP contribution in [0.15, 0.2) is 12.1 Å². The molecule has 0 spiro atoms. The van der Waals surface area contributed by atoms with Crippen molar-refractivity contribution in [3.63, 3.8) is 0 Å². The first kappa shape index (κ1) is 14.7. The minimum absolute atomic E-state index is 0.0493. The number of hydrogen-bond donors (Lipinski definition) is 2. The molecule has 20 heavy (non-hydrogen) atoms. The van der Waals surface area contributed by atoms with Crippen molar-refractivity contribution in [2.45, 2.75) is 19.3 Å². The van der Waals surface area contributed by atoms with Gasteiger partial charge in [-0.25, -0.2) is 8.78 Å². The molecule has 0 bridgehead atoms. The summed E-state index contributed by atoms with van der Waals surface area (Å²) in [6, 6.07) is 2.10. The molecule has 4 nitrogen and oxygen atoms in total. The second-order valence-corrected chi connectivity index (χ2v) is 5.10. The summed E-state index contributed by atoms with van der Waals surface area (Å²) in [6.07, 6.45) is 2.26. The lowest BCUT2D eigenvalue weighted by Gasteiger charge is -2.32. The van der Waals surface area contributed by atoms with Crippen molar-refractivity contribution in [3.8, 4) is 0 Å². The molecule has 1 aromatic carbocycles. The van der Waals surface area contributed by atoms with Gasteiger partial charge in [-0.1, -0.05) is 0 Å². The molecule has 1 aromatic rings. The van der Waals surface area contributed by atoms with Gasteiger partial charge in [0.1, 0.15) is 11.4 Å². The fraction of sp³-hybridized carbons (Fsp3) is 0.500. The predicted octanol–water partition coefficient (Wildman–Crippen LogP) is 1.78. The van der Waals surface area contributed by atoms with Gasteiger partial charge in [-0.3, -0.25) is 4.79 Å². The zero-order valence-corrected chi connectivity index (χ0v) is 11.1. The molecule has 1 fully saturated rings. The molecule has 6 heteroatoms. The number of benzene rings is 1. The molecule has 0 radical (unpaired) electrons. The number of nitrogens with two attached hydrogens (primary N) is 1. The molecule has 1 amide bonds. The number of aliphatic hydroxyl groups excluding tert-OH is 1. The molecule has 2 rings (SSSR count). The van der Waals surface area contributed by atoms with Gasteiger partial charge in [0, 0.05) is 19.7 Å². The summed E-state index contributed by atoms with van der Waals surface area (Å²) in [5.41, 5.74) is 4.56. The minimum Gasteiger partial charge on any atom is -0.396 e. The number of nitrogens with zero attached hydrogens (tertiary/aromatic N) is 1. The maximum Gasteiger partial charge on any atom is 0.259 e. The SMILES string of the molecule is Nc1ccc(F)c(C(=O)N2CCCC(CCO)C2)c1F. The van der Waals surface area contributed by atoms with Gasteiger partial charge in [0.2, 0.25) is 0 Å². The molecule has 1 saturated heterocycles. The molecule has 1 heterocycles. The maximum absolute atomic E-state index is 13.9.